The van der Waals surface area contributed by atoms with E-state index in [0.717, 1.165) is 186 Å². The van der Waals surface area contributed by atoms with Crippen molar-refractivity contribution in [2.45, 2.75) is 316 Å². The fourth-order valence-electron chi connectivity index (χ4n) is 10.4. The molecule has 0 saturated heterocycles. The lowest BCUT2D eigenvalue weighted by Crippen LogP contribution is -2.30. The molecular weight excluding hydrogens is 1450 g/mol. The summed E-state index contributed by atoms with van der Waals surface area (Å²) < 4.78 is 68.7. The number of carbonyl (C=O) groups excluding carboxylic acids is 4. The van der Waals surface area contributed by atoms with E-state index in [2.05, 4.69) is 204 Å². The van der Waals surface area contributed by atoms with Gasteiger partial charge in [0.2, 0.25) is 0 Å². The quantitative estimate of drug-likeness (QED) is 0.0169. The lowest BCUT2D eigenvalue weighted by atomic mass is 10.1. The third-order valence-electron chi connectivity index (χ3n) is 16.7. The molecule has 0 aromatic carbocycles. The van der Waals surface area contributed by atoms with Gasteiger partial charge in [-0.1, -0.05) is 305 Å². The zero-order chi connectivity index (χ0) is 81.7. The van der Waals surface area contributed by atoms with Crippen molar-refractivity contribution in [1.82, 2.24) is 0 Å². The van der Waals surface area contributed by atoms with Gasteiger partial charge in [0, 0.05) is 25.7 Å². The van der Waals surface area contributed by atoms with Crippen LogP contribution in [0.4, 0.5) is 0 Å². The summed E-state index contributed by atoms with van der Waals surface area (Å²) in [7, 11) is -10.0. The lowest BCUT2D eigenvalue weighted by Gasteiger charge is -2.21. The van der Waals surface area contributed by atoms with E-state index >= 15 is 0 Å². The monoisotopic (exact) mass is 1600 g/mol. The van der Waals surface area contributed by atoms with E-state index in [4.69, 9.17) is 37.0 Å². The Morgan fingerprint density at radius 3 is 0.795 bits per heavy atom. The first-order valence-corrected chi connectivity index (χ1v) is 45.3. The SMILES string of the molecule is CC/C=C\C/C=C\C/C=C\C/C=C\C/C=C\C/C=C\CCC(=O)OCC(COP(=O)(O)OCC(O)COP(=O)(O)OCC(COC(=O)CCC/C=C\C/C=C\C/C=C\C/C=C\C/C=C\CC)OC(=O)CCCCCCCCC/C=C\C/C=C\C/C=C\CC)OC(=O)CCCCCCCC/C=C\C/C=C\C/C=C\CCCCC. The number of phosphoric acid groups is 2. The summed E-state index contributed by atoms with van der Waals surface area (Å²) >= 11 is 0. The molecular formula is C93H148O17P2. The number of esters is 4. The fraction of sp³-hybridized carbons (Fsp3) is 0.591. The van der Waals surface area contributed by atoms with E-state index in [1.54, 1.807) is 0 Å². The average Bonchev–Trinajstić information content (AvgIpc) is 0.898. The summed E-state index contributed by atoms with van der Waals surface area (Å²) in [6, 6.07) is 0. The van der Waals surface area contributed by atoms with Crippen molar-refractivity contribution < 1.29 is 80.2 Å². The topological polar surface area (TPSA) is 237 Å². The summed E-state index contributed by atoms with van der Waals surface area (Å²) in [4.78, 5) is 73.2. The number of hydrogen-bond acceptors (Lipinski definition) is 15. The van der Waals surface area contributed by atoms with Crippen molar-refractivity contribution in [3.63, 3.8) is 0 Å². The maximum absolute atomic E-state index is 13.1. The second-order valence-corrected chi connectivity index (χ2v) is 30.2. The Morgan fingerprint density at radius 1 is 0.259 bits per heavy atom. The number of phosphoric ester groups is 2. The molecule has 17 nitrogen and oxygen atoms in total. The van der Waals surface area contributed by atoms with E-state index in [0.29, 0.717) is 38.5 Å². The van der Waals surface area contributed by atoms with E-state index in [1.807, 2.05) is 30.4 Å². The highest BCUT2D eigenvalue weighted by atomic mass is 31.2. The summed E-state index contributed by atoms with van der Waals surface area (Å²) in [6.45, 7) is 4.32. The maximum Gasteiger partial charge on any atom is 0.472 e. The molecule has 0 amide bonds. The number of aliphatic hydroxyl groups is 1. The smallest absolute Gasteiger partial charge is 0.462 e. The van der Waals surface area contributed by atoms with Gasteiger partial charge < -0.3 is 33.8 Å². The standard InChI is InChI=1S/C93H148O17P2/c1-5-9-13-17-21-25-29-33-37-41-43-47-50-54-58-62-66-70-74-78-91(96)104-84-89(110-93(98)80-76-72-68-64-60-56-52-48-44-42-38-34-30-26-22-18-14-10-6-2)86-108-112(101,102)106-82-87(94)81-105-111(99,100)107-85-88(109-92(97)79-75-71-67-63-59-55-51-46-40-36-32-28-24-20-16-12-8-4)83-103-90(95)77-73-69-65-61-57-53-49-45-39-35-31-27-23-19-15-11-7-3/h9,11-13,15-16,21-28,33-40,43-44,47-49,53-54,58,61,65-66,70,87-89,94H,5-8,10,14,17-20,29-32,41-42,45-46,50-52,55-57,59-60,62-64,67-69,71-86H2,1-4H3,(H,99,100)(H,101,102)/b13-9-,15-11-,16-12-,25-21-,26-22-,27-23-,28-24-,37-33-,38-34-,39-35-,40-36-,47-43-,48-44-,53-49-,58-54-,65-61-,70-66-. The van der Waals surface area contributed by atoms with E-state index in [-0.39, 0.29) is 25.7 Å². The van der Waals surface area contributed by atoms with Gasteiger partial charge in [-0.3, -0.25) is 37.3 Å². The number of unbranched alkanes of at least 4 members (excludes halogenated alkanes) is 17. The molecule has 0 rings (SSSR count). The first-order chi connectivity index (χ1) is 54.7. The molecule has 0 aliphatic carbocycles. The van der Waals surface area contributed by atoms with Crippen LogP contribution in [0.1, 0.15) is 297 Å². The zero-order valence-corrected chi connectivity index (χ0v) is 71.0. The maximum atomic E-state index is 13.1. The molecule has 112 heavy (non-hydrogen) atoms. The first-order valence-electron chi connectivity index (χ1n) is 42.3. The molecule has 0 aliphatic rings. The lowest BCUT2D eigenvalue weighted by molar-refractivity contribution is -0.161. The van der Waals surface area contributed by atoms with Gasteiger partial charge in [-0.05, 0) is 173 Å². The third-order valence-corrected chi connectivity index (χ3v) is 18.6. The molecule has 19 heteroatoms. The molecule has 0 aliphatic heterocycles. The van der Waals surface area contributed by atoms with Crippen LogP contribution in [0.25, 0.3) is 0 Å². The van der Waals surface area contributed by atoms with Crippen molar-refractivity contribution in [2.24, 2.45) is 0 Å². The number of rotatable bonds is 77. The van der Waals surface area contributed by atoms with E-state index in [9.17, 15) is 43.2 Å². The van der Waals surface area contributed by atoms with Gasteiger partial charge in [-0.15, -0.1) is 0 Å². The van der Waals surface area contributed by atoms with Crippen LogP contribution in [-0.4, -0.2) is 96.7 Å². The fourth-order valence-corrected chi connectivity index (χ4v) is 12.0. The van der Waals surface area contributed by atoms with Crippen LogP contribution in [0.15, 0.2) is 207 Å². The second kappa shape index (κ2) is 82.6. The third kappa shape index (κ3) is 81.6. The molecule has 5 unspecified atom stereocenters. The van der Waals surface area contributed by atoms with Crippen molar-refractivity contribution in [3.8, 4) is 0 Å². The zero-order valence-electron chi connectivity index (χ0n) is 69.3. The Kier molecular flexibility index (Phi) is 77.9. The first kappa shape index (κ1) is 106. The van der Waals surface area contributed by atoms with Gasteiger partial charge in [0.25, 0.3) is 0 Å². The van der Waals surface area contributed by atoms with Crippen LogP contribution in [0.2, 0.25) is 0 Å². The highest BCUT2D eigenvalue weighted by Gasteiger charge is 2.30. The molecule has 632 valence electrons. The number of aliphatic hydroxyl groups excluding tert-OH is 1. The van der Waals surface area contributed by atoms with Crippen LogP contribution < -0.4 is 0 Å². The van der Waals surface area contributed by atoms with Gasteiger partial charge in [-0.2, -0.15) is 0 Å². The Bertz CT molecular complexity index is 2940. The van der Waals surface area contributed by atoms with Crippen molar-refractivity contribution in [1.29, 1.82) is 0 Å². The Labute approximate surface area is 678 Å². The van der Waals surface area contributed by atoms with Crippen LogP contribution in [0.5, 0.6) is 0 Å². The highest BCUT2D eigenvalue weighted by Crippen LogP contribution is 2.45. The summed E-state index contributed by atoms with van der Waals surface area (Å²) in [6.07, 6.45) is 104. The minimum Gasteiger partial charge on any atom is -0.462 e. The molecule has 3 N–H and O–H groups in total. The largest absolute Gasteiger partial charge is 0.472 e. The number of allylic oxidation sites excluding steroid dienone is 34. The van der Waals surface area contributed by atoms with Gasteiger partial charge in [0.1, 0.15) is 19.3 Å². The van der Waals surface area contributed by atoms with Gasteiger partial charge >= 0.3 is 39.5 Å². The second-order valence-electron chi connectivity index (χ2n) is 27.3. The van der Waals surface area contributed by atoms with Gasteiger partial charge in [-0.25, -0.2) is 9.13 Å². The minimum atomic E-state index is -5.02. The normalized spacial score (nSPS) is 14.8. The van der Waals surface area contributed by atoms with Crippen molar-refractivity contribution in [2.75, 3.05) is 39.6 Å². The van der Waals surface area contributed by atoms with Crippen molar-refractivity contribution in [3.05, 3.63) is 207 Å². The minimum absolute atomic E-state index is 0.0240. The average molecular weight is 1600 g/mol. The van der Waals surface area contributed by atoms with E-state index < -0.39 is 97.5 Å². The molecule has 0 aromatic heterocycles. The molecule has 0 fully saturated rings. The van der Waals surface area contributed by atoms with Crippen molar-refractivity contribution >= 4 is 39.5 Å². The van der Waals surface area contributed by atoms with Crippen LogP contribution >= 0.6 is 15.6 Å². The summed E-state index contributed by atoms with van der Waals surface area (Å²) in [5.41, 5.74) is 0. The molecule has 0 radical (unpaired) electrons. The number of hydrogen-bond donors (Lipinski definition) is 3. The Morgan fingerprint density at radius 2 is 0.491 bits per heavy atom. The predicted octanol–water partition coefficient (Wildman–Crippen LogP) is 25.4. The van der Waals surface area contributed by atoms with Gasteiger partial charge in [0.05, 0.1) is 26.4 Å². The summed E-state index contributed by atoms with van der Waals surface area (Å²) in [5.74, 6) is -2.38. The van der Waals surface area contributed by atoms with E-state index in [1.165, 1.54) is 19.3 Å². The van der Waals surface area contributed by atoms with Crippen LogP contribution in [-0.2, 0) is 65.4 Å². The highest BCUT2D eigenvalue weighted by molar-refractivity contribution is 7.47. The van der Waals surface area contributed by atoms with Crippen LogP contribution in [0.3, 0.4) is 0 Å². The Hall–Kier alpha value is -6.36. The Balaban J connectivity index is 5.54. The molecule has 5 atom stereocenters. The van der Waals surface area contributed by atoms with Crippen LogP contribution in [0, 0.1) is 0 Å². The molecule has 0 aromatic rings. The number of carbonyl (C=O) groups is 4. The predicted molar refractivity (Wildman–Crippen MR) is 463 cm³/mol. The molecule has 0 bridgehead atoms. The molecule has 0 heterocycles. The van der Waals surface area contributed by atoms with Gasteiger partial charge in [0.15, 0.2) is 12.2 Å². The summed E-state index contributed by atoms with van der Waals surface area (Å²) in [5, 5.41) is 10.7. The number of ether oxygens (including phenoxy) is 4. The molecule has 0 spiro atoms. The molecule has 0 saturated carbocycles.